The molecule has 0 saturated heterocycles. The maximum Gasteiger partial charge on any atom is 0.255 e. The van der Waals surface area contributed by atoms with E-state index in [0.717, 1.165) is 25.1 Å². The molecule has 2 rings (SSSR count). The Morgan fingerprint density at radius 3 is 2.36 bits per heavy atom. The number of rotatable bonds is 5. The Kier molecular flexibility index (Phi) is 4.90. The topological polar surface area (TPSA) is 36.4 Å². The molecule has 1 aromatic rings. The van der Waals surface area contributed by atoms with Crippen LogP contribution in [0.5, 0.6) is 0 Å². The van der Waals surface area contributed by atoms with E-state index in [1.54, 1.807) is 6.20 Å². The van der Waals surface area contributed by atoms with Gasteiger partial charge in [0.05, 0.1) is 11.3 Å². The molecule has 1 fully saturated rings. The molecule has 1 aliphatic rings. The highest BCUT2D eigenvalue weighted by molar-refractivity contribution is 5.94. The van der Waals surface area contributed by atoms with Crippen LogP contribution < -0.4 is 0 Å². The number of amides is 1. The van der Waals surface area contributed by atoms with E-state index in [-0.39, 0.29) is 11.9 Å². The van der Waals surface area contributed by atoms with Crippen LogP contribution in [0.15, 0.2) is 18.3 Å². The summed E-state index contributed by atoms with van der Waals surface area (Å²) < 4.78 is 0. The molecule has 0 unspecified atom stereocenters. The van der Waals surface area contributed by atoms with Gasteiger partial charge in [0, 0.05) is 24.8 Å². The Balaban J connectivity index is 2.10. The Morgan fingerprint density at radius 1 is 1.32 bits per heavy atom. The standard InChI is InChI=1S/C18H29N3O/c1-13(2)21(16-9-18(3,4)10-16)17(22)14-7-8-15(19-11-14)12-20(5)6/h7-8,11,13,16H,9-10,12H2,1-6H3. The van der Waals surface area contributed by atoms with Crippen molar-refractivity contribution in [2.75, 3.05) is 14.1 Å². The summed E-state index contributed by atoms with van der Waals surface area (Å²) in [6.45, 7) is 9.52. The van der Waals surface area contributed by atoms with Gasteiger partial charge in [-0.15, -0.1) is 0 Å². The molecule has 0 spiro atoms. The molecule has 1 saturated carbocycles. The third-order valence-corrected chi connectivity index (χ3v) is 4.31. The van der Waals surface area contributed by atoms with E-state index in [1.807, 2.05) is 31.1 Å². The molecule has 1 aliphatic carbocycles. The minimum Gasteiger partial charge on any atom is -0.333 e. The van der Waals surface area contributed by atoms with E-state index in [9.17, 15) is 4.79 Å². The first-order valence-electron chi connectivity index (χ1n) is 8.12. The van der Waals surface area contributed by atoms with Crippen molar-refractivity contribution in [1.29, 1.82) is 0 Å². The molecular weight excluding hydrogens is 274 g/mol. The zero-order valence-corrected chi connectivity index (χ0v) is 14.8. The monoisotopic (exact) mass is 303 g/mol. The minimum absolute atomic E-state index is 0.111. The third-order valence-electron chi connectivity index (χ3n) is 4.31. The number of hydrogen-bond donors (Lipinski definition) is 0. The molecule has 0 N–H and O–H groups in total. The van der Waals surface area contributed by atoms with Gasteiger partial charge >= 0.3 is 0 Å². The molecule has 0 aliphatic heterocycles. The zero-order valence-electron chi connectivity index (χ0n) is 14.8. The molecule has 0 atom stereocenters. The summed E-state index contributed by atoms with van der Waals surface area (Å²) in [5, 5.41) is 0. The maximum absolute atomic E-state index is 12.8. The molecule has 1 aromatic heterocycles. The fourth-order valence-corrected chi connectivity index (χ4v) is 3.35. The summed E-state index contributed by atoms with van der Waals surface area (Å²) in [6, 6.07) is 4.45. The average molecular weight is 303 g/mol. The highest BCUT2D eigenvalue weighted by Gasteiger charge is 2.42. The maximum atomic E-state index is 12.8. The number of pyridine rings is 1. The molecule has 0 bridgehead atoms. The van der Waals surface area contributed by atoms with Crippen molar-refractivity contribution < 1.29 is 4.79 Å². The van der Waals surface area contributed by atoms with E-state index < -0.39 is 0 Å². The zero-order chi connectivity index (χ0) is 16.5. The molecule has 4 nitrogen and oxygen atoms in total. The number of carbonyl (C=O) groups is 1. The highest BCUT2D eigenvalue weighted by Crippen LogP contribution is 2.43. The molecule has 0 radical (unpaired) electrons. The van der Waals surface area contributed by atoms with Crippen LogP contribution in [0, 0.1) is 5.41 Å². The van der Waals surface area contributed by atoms with E-state index in [0.29, 0.717) is 17.0 Å². The molecule has 4 heteroatoms. The summed E-state index contributed by atoms with van der Waals surface area (Å²) in [6.07, 6.45) is 3.90. The van der Waals surface area contributed by atoms with Gasteiger partial charge in [0.1, 0.15) is 0 Å². The van der Waals surface area contributed by atoms with Crippen LogP contribution in [-0.4, -0.2) is 46.9 Å². The lowest BCUT2D eigenvalue weighted by atomic mass is 9.67. The first-order chi connectivity index (χ1) is 10.2. The summed E-state index contributed by atoms with van der Waals surface area (Å²) in [4.78, 5) is 21.4. The average Bonchev–Trinajstić information content (AvgIpc) is 2.36. The van der Waals surface area contributed by atoms with Gasteiger partial charge in [-0.3, -0.25) is 9.78 Å². The van der Waals surface area contributed by atoms with E-state index in [2.05, 4.69) is 37.6 Å². The Labute approximate surface area is 134 Å². The number of carbonyl (C=O) groups excluding carboxylic acids is 1. The van der Waals surface area contributed by atoms with Gasteiger partial charge in [-0.1, -0.05) is 13.8 Å². The Hall–Kier alpha value is -1.42. The van der Waals surface area contributed by atoms with E-state index in [4.69, 9.17) is 0 Å². The second-order valence-electron chi connectivity index (χ2n) is 7.81. The molecule has 1 amide bonds. The Morgan fingerprint density at radius 2 is 1.95 bits per heavy atom. The number of aromatic nitrogens is 1. The summed E-state index contributed by atoms with van der Waals surface area (Å²) in [5.41, 5.74) is 2.05. The lowest BCUT2D eigenvalue weighted by Crippen LogP contribution is -2.53. The summed E-state index contributed by atoms with van der Waals surface area (Å²) in [5.74, 6) is 0.111. The van der Waals surface area contributed by atoms with Crippen LogP contribution in [-0.2, 0) is 6.54 Å². The first-order valence-corrected chi connectivity index (χ1v) is 8.12. The van der Waals surface area contributed by atoms with Gasteiger partial charge in [0.15, 0.2) is 0 Å². The quantitative estimate of drug-likeness (QED) is 0.838. The lowest BCUT2D eigenvalue weighted by Gasteiger charge is -2.49. The van der Waals surface area contributed by atoms with Crippen LogP contribution in [0.2, 0.25) is 0 Å². The smallest absolute Gasteiger partial charge is 0.255 e. The number of hydrogen-bond acceptors (Lipinski definition) is 3. The van der Waals surface area contributed by atoms with Crippen molar-refractivity contribution in [3.8, 4) is 0 Å². The van der Waals surface area contributed by atoms with Gasteiger partial charge in [-0.25, -0.2) is 0 Å². The fraction of sp³-hybridized carbons (Fsp3) is 0.667. The van der Waals surface area contributed by atoms with Crippen LogP contribution >= 0.6 is 0 Å². The van der Waals surface area contributed by atoms with Crippen LogP contribution in [0.3, 0.4) is 0 Å². The second kappa shape index (κ2) is 6.37. The Bertz CT molecular complexity index is 512. The van der Waals surface area contributed by atoms with Gasteiger partial charge < -0.3 is 9.80 Å². The van der Waals surface area contributed by atoms with Crippen LogP contribution in [0.25, 0.3) is 0 Å². The summed E-state index contributed by atoms with van der Waals surface area (Å²) >= 11 is 0. The minimum atomic E-state index is 0.111. The van der Waals surface area contributed by atoms with Crippen molar-refractivity contribution in [2.45, 2.75) is 59.2 Å². The fourth-order valence-electron chi connectivity index (χ4n) is 3.35. The molecule has 0 aromatic carbocycles. The normalized spacial score (nSPS) is 17.6. The first kappa shape index (κ1) is 16.9. The third kappa shape index (κ3) is 3.86. The second-order valence-corrected chi connectivity index (χ2v) is 7.81. The predicted molar refractivity (Wildman–Crippen MR) is 89.7 cm³/mol. The highest BCUT2D eigenvalue weighted by atomic mass is 16.2. The van der Waals surface area contributed by atoms with E-state index in [1.165, 1.54) is 0 Å². The van der Waals surface area contributed by atoms with Crippen LogP contribution in [0.1, 0.15) is 56.6 Å². The van der Waals surface area contributed by atoms with Crippen molar-refractivity contribution >= 4 is 5.91 Å². The summed E-state index contributed by atoms with van der Waals surface area (Å²) in [7, 11) is 4.03. The lowest BCUT2D eigenvalue weighted by molar-refractivity contribution is 0.0103. The largest absolute Gasteiger partial charge is 0.333 e. The SMILES string of the molecule is CC(C)N(C(=O)c1ccc(CN(C)C)nc1)C1CC(C)(C)C1. The molecule has 1 heterocycles. The van der Waals surface area contributed by atoms with Gasteiger partial charge in [0.25, 0.3) is 5.91 Å². The van der Waals surface area contributed by atoms with Gasteiger partial charge in [-0.05, 0) is 58.3 Å². The molecule has 22 heavy (non-hydrogen) atoms. The van der Waals surface area contributed by atoms with Gasteiger partial charge in [-0.2, -0.15) is 0 Å². The molecule has 122 valence electrons. The van der Waals surface area contributed by atoms with Crippen molar-refractivity contribution in [2.24, 2.45) is 5.41 Å². The van der Waals surface area contributed by atoms with Crippen molar-refractivity contribution in [1.82, 2.24) is 14.8 Å². The van der Waals surface area contributed by atoms with Gasteiger partial charge in [0.2, 0.25) is 0 Å². The van der Waals surface area contributed by atoms with Crippen molar-refractivity contribution in [3.05, 3.63) is 29.6 Å². The number of nitrogens with zero attached hydrogens (tertiary/aromatic N) is 3. The van der Waals surface area contributed by atoms with Crippen molar-refractivity contribution in [3.63, 3.8) is 0 Å². The molecular formula is C18H29N3O. The predicted octanol–water partition coefficient (Wildman–Crippen LogP) is 3.18. The van der Waals surface area contributed by atoms with E-state index >= 15 is 0 Å². The van der Waals surface area contributed by atoms with Crippen LogP contribution in [0.4, 0.5) is 0 Å².